The SMILES string of the molecule is C=CC[C@@H](O)C[C@@H](O)CCc1ccc(OC)cc1. The van der Waals surface area contributed by atoms with Gasteiger partial charge in [0.1, 0.15) is 5.75 Å². The first kappa shape index (κ1) is 14.7. The van der Waals surface area contributed by atoms with Crippen molar-refractivity contribution in [2.24, 2.45) is 0 Å². The first-order valence-electron chi connectivity index (χ1n) is 6.25. The standard InChI is InChI=1S/C15H22O3/c1-3-4-13(16)11-14(17)8-5-12-6-9-15(18-2)10-7-12/h3,6-7,9-10,13-14,16-17H,1,4-5,8,11H2,2H3/t13-,14+/m1/s1. The molecule has 0 radical (unpaired) electrons. The molecule has 3 heteroatoms. The molecule has 0 saturated heterocycles. The third kappa shape index (κ3) is 5.34. The molecule has 100 valence electrons. The Morgan fingerprint density at radius 2 is 1.89 bits per heavy atom. The maximum absolute atomic E-state index is 9.79. The largest absolute Gasteiger partial charge is 0.497 e. The minimum atomic E-state index is -0.492. The summed E-state index contributed by atoms with van der Waals surface area (Å²) in [5.74, 6) is 0.834. The molecule has 0 spiro atoms. The van der Waals surface area contributed by atoms with Crippen LogP contribution in [-0.4, -0.2) is 29.5 Å². The van der Waals surface area contributed by atoms with Crippen molar-refractivity contribution in [3.63, 3.8) is 0 Å². The molecule has 0 aromatic heterocycles. The second-order valence-corrected chi connectivity index (χ2v) is 4.45. The maximum atomic E-state index is 9.79. The van der Waals surface area contributed by atoms with E-state index in [4.69, 9.17) is 4.74 Å². The molecule has 0 amide bonds. The summed E-state index contributed by atoms with van der Waals surface area (Å²) in [7, 11) is 1.64. The summed E-state index contributed by atoms with van der Waals surface area (Å²) >= 11 is 0. The van der Waals surface area contributed by atoms with Crippen LogP contribution in [0.3, 0.4) is 0 Å². The summed E-state index contributed by atoms with van der Waals surface area (Å²) in [6.07, 6.45) is 3.09. The molecule has 0 aliphatic carbocycles. The number of rotatable bonds is 8. The Labute approximate surface area is 109 Å². The molecule has 1 aromatic rings. The zero-order chi connectivity index (χ0) is 13.4. The van der Waals surface area contributed by atoms with Crippen LogP contribution >= 0.6 is 0 Å². The molecular weight excluding hydrogens is 228 g/mol. The lowest BCUT2D eigenvalue weighted by Gasteiger charge is -2.14. The van der Waals surface area contributed by atoms with Gasteiger partial charge in [-0.2, -0.15) is 0 Å². The summed E-state index contributed by atoms with van der Waals surface area (Å²) in [6, 6.07) is 7.81. The van der Waals surface area contributed by atoms with Gasteiger partial charge < -0.3 is 14.9 Å². The molecule has 0 saturated carbocycles. The van der Waals surface area contributed by atoms with Gasteiger partial charge in [0.25, 0.3) is 0 Å². The highest BCUT2D eigenvalue weighted by Gasteiger charge is 2.10. The van der Waals surface area contributed by atoms with E-state index in [-0.39, 0.29) is 0 Å². The van der Waals surface area contributed by atoms with Crippen LogP contribution in [0.25, 0.3) is 0 Å². The van der Waals surface area contributed by atoms with Gasteiger partial charge in [-0.05, 0) is 43.4 Å². The van der Waals surface area contributed by atoms with Crippen LogP contribution in [-0.2, 0) is 6.42 Å². The van der Waals surface area contributed by atoms with Gasteiger partial charge >= 0.3 is 0 Å². The molecule has 2 N–H and O–H groups in total. The number of methoxy groups -OCH3 is 1. The van der Waals surface area contributed by atoms with Crippen LogP contribution in [0.15, 0.2) is 36.9 Å². The summed E-state index contributed by atoms with van der Waals surface area (Å²) in [5, 5.41) is 19.3. The summed E-state index contributed by atoms with van der Waals surface area (Å²) in [4.78, 5) is 0. The first-order chi connectivity index (χ1) is 8.65. The molecule has 3 nitrogen and oxygen atoms in total. The van der Waals surface area contributed by atoms with Crippen molar-refractivity contribution in [1.29, 1.82) is 0 Å². The molecule has 18 heavy (non-hydrogen) atoms. The van der Waals surface area contributed by atoms with Crippen molar-refractivity contribution in [3.05, 3.63) is 42.5 Å². The number of aliphatic hydroxyl groups is 2. The average molecular weight is 250 g/mol. The van der Waals surface area contributed by atoms with E-state index in [1.165, 1.54) is 0 Å². The zero-order valence-corrected chi connectivity index (χ0v) is 10.9. The Balaban J connectivity index is 2.32. The molecule has 0 fully saturated rings. The van der Waals surface area contributed by atoms with E-state index >= 15 is 0 Å². The molecule has 0 heterocycles. The van der Waals surface area contributed by atoms with E-state index in [1.807, 2.05) is 24.3 Å². The van der Waals surface area contributed by atoms with E-state index in [0.29, 0.717) is 19.3 Å². The van der Waals surface area contributed by atoms with E-state index in [0.717, 1.165) is 17.7 Å². The number of benzene rings is 1. The van der Waals surface area contributed by atoms with Crippen LogP contribution in [0, 0.1) is 0 Å². The number of aliphatic hydroxyl groups excluding tert-OH is 2. The van der Waals surface area contributed by atoms with Gasteiger partial charge in [-0.15, -0.1) is 6.58 Å². The lowest BCUT2D eigenvalue weighted by atomic mass is 10.0. The Morgan fingerprint density at radius 3 is 2.44 bits per heavy atom. The van der Waals surface area contributed by atoms with Crippen LogP contribution in [0.2, 0.25) is 0 Å². The van der Waals surface area contributed by atoms with Crippen LogP contribution in [0.4, 0.5) is 0 Å². The van der Waals surface area contributed by atoms with Crippen LogP contribution in [0.1, 0.15) is 24.8 Å². The van der Waals surface area contributed by atoms with Gasteiger partial charge in [-0.25, -0.2) is 0 Å². The molecule has 0 bridgehead atoms. The van der Waals surface area contributed by atoms with Crippen LogP contribution in [0.5, 0.6) is 5.75 Å². The molecular formula is C15H22O3. The highest BCUT2D eigenvalue weighted by molar-refractivity contribution is 5.27. The fourth-order valence-corrected chi connectivity index (χ4v) is 1.85. The fraction of sp³-hybridized carbons (Fsp3) is 0.467. The van der Waals surface area contributed by atoms with E-state index < -0.39 is 12.2 Å². The second kappa shape index (κ2) is 7.90. The molecule has 1 aromatic carbocycles. The fourth-order valence-electron chi connectivity index (χ4n) is 1.85. The maximum Gasteiger partial charge on any atom is 0.118 e. The third-order valence-electron chi connectivity index (χ3n) is 2.91. The van der Waals surface area contributed by atoms with Gasteiger partial charge in [-0.1, -0.05) is 18.2 Å². The van der Waals surface area contributed by atoms with Gasteiger partial charge in [0.2, 0.25) is 0 Å². The van der Waals surface area contributed by atoms with Gasteiger partial charge in [-0.3, -0.25) is 0 Å². The Bertz CT molecular complexity index is 345. The molecule has 0 aliphatic heterocycles. The normalized spacial score (nSPS) is 13.9. The molecule has 0 aliphatic rings. The zero-order valence-electron chi connectivity index (χ0n) is 10.9. The van der Waals surface area contributed by atoms with E-state index in [1.54, 1.807) is 13.2 Å². The number of hydrogen-bond donors (Lipinski definition) is 2. The topological polar surface area (TPSA) is 49.7 Å². The second-order valence-electron chi connectivity index (χ2n) is 4.45. The average Bonchev–Trinajstić information content (AvgIpc) is 2.37. The number of ether oxygens (including phenoxy) is 1. The molecule has 0 unspecified atom stereocenters. The smallest absolute Gasteiger partial charge is 0.118 e. The summed E-state index contributed by atoms with van der Waals surface area (Å²) < 4.78 is 5.08. The quantitative estimate of drug-likeness (QED) is 0.696. The monoisotopic (exact) mass is 250 g/mol. The van der Waals surface area contributed by atoms with E-state index in [9.17, 15) is 10.2 Å². The molecule has 1 rings (SSSR count). The summed E-state index contributed by atoms with van der Waals surface area (Å²) in [5.41, 5.74) is 1.16. The van der Waals surface area contributed by atoms with Gasteiger partial charge in [0, 0.05) is 0 Å². The summed E-state index contributed by atoms with van der Waals surface area (Å²) in [6.45, 7) is 3.56. The minimum absolute atomic E-state index is 0.405. The predicted octanol–water partition coefficient (Wildman–Crippen LogP) is 2.32. The lowest BCUT2D eigenvalue weighted by Crippen LogP contribution is -2.17. The third-order valence-corrected chi connectivity index (χ3v) is 2.91. The van der Waals surface area contributed by atoms with Gasteiger partial charge in [0.15, 0.2) is 0 Å². The minimum Gasteiger partial charge on any atom is -0.497 e. The van der Waals surface area contributed by atoms with Crippen LogP contribution < -0.4 is 4.74 Å². The van der Waals surface area contributed by atoms with E-state index in [2.05, 4.69) is 6.58 Å². The number of aryl methyl sites for hydroxylation is 1. The Morgan fingerprint density at radius 1 is 1.22 bits per heavy atom. The van der Waals surface area contributed by atoms with Crippen molar-refractivity contribution in [2.45, 2.75) is 37.9 Å². The Hall–Kier alpha value is -1.32. The number of hydrogen-bond acceptors (Lipinski definition) is 3. The molecule has 2 atom stereocenters. The highest BCUT2D eigenvalue weighted by Crippen LogP contribution is 2.14. The lowest BCUT2D eigenvalue weighted by molar-refractivity contribution is 0.0775. The first-order valence-corrected chi connectivity index (χ1v) is 6.25. The van der Waals surface area contributed by atoms with Crippen molar-refractivity contribution in [1.82, 2.24) is 0 Å². The van der Waals surface area contributed by atoms with Gasteiger partial charge in [0.05, 0.1) is 19.3 Å². The van der Waals surface area contributed by atoms with Crippen molar-refractivity contribution in [2.75, 3.05) is 7.11 Å². The van der Waals surface area contributed by atoms with Crippen molar-refractivity contribution in [3.8, 4) is 5.75 Å². The predicted molar refractivity (Wildman–Crippen MR) is 72.8 cm³/mol. The van der Waals surface area contributed by atoms with Crippen molar-refractivity contribution >= 4 is 0 Å². The Kier molecular flexibility index (Phi) is 6.47. The van der Waals surface area contributed by atoms with Crippen molar-refractivity contribution < 1.29 is 14.9 Å². The highest BCUT2D eigenvalue weighted by atomic mass is 16.5.